The van der Waals surface area contributed by atoms with E-state index in [-0.39, 0.29) is 17.8 Å². The molecule has 2 fully saturated rings. The van der Waals surface area contributed by atoms with Crippen LogP contribution in [-0.4, -0.2) is 28.5 Å². The normalized spacial score (nSPS) is 20.8. The third-order valence-electron chi connectivity index (χ3n) is 4.30. The smallest absolute Gasteiger partial charge is 0.229 e. The van der Waals surface area contributed by atoms with Crippen LogP contribution < -0.4 is 10.2 Å². The van der Waals surface area contributed by atoms with E-state index in [1.807, 2.05) is 6.07 Å². The van der Waals surface area contributed by atoms with Crippen LogP contribution in [0.3, 0.4) is 0 Å². The Morgan fingerprint density at radius 3 is 2.70 bits per heavy atom. The zero-order chi connectivity index (χ0) is 15.8. The van der Waals surface area contributed by atoms with Crippen molar-refractivity contribution in [1.29, 1.82) is 0 Å². The molecule has 1 unspecified atom stereocenters. The van der Waals surface area contributed by atoms with Crippen LogP contribution in [0.25, 0.3) is 0 Å². The molecule has 6 heteroatoms. The molecule has 1 saturated carbocycles. The lowest BCUT2D eigenvalue weighted by molar-refractivity contribution is -0.117. The molecular weight excluding hydrogens is 295 g/mol. The van der Waals surface area contributed by atoms with Gasteiger partial charge in [0.25, 0.3) is 0 Å². The van der Waals surface area contributed by atoms with Crippen molar-refractivity contribution in [1.82, 2.24) is 9.97 Å². The second-order valence-electron chi connectivity index (χ2n) is 6.13. The van der Waals surface area contributed by atoms with E-state index in [0.717, 1.165) is 17.2 Å². The number of carbonyl (C=O) groups excluding carboxylic acids is 1. The summed E-state index contributed by atoms with van der Waals surface area (Å²) in [5.41, 5.74) is 1.80. The summed E-state index contributed by atoms with van der Waals surface area (Å²) in [6.07, 6.45) is 4.36. The number of carbonyl (C=O) groups is 1. The first kappa shape index (κ1) is 14.1. The fraction of sp³-hybridized carbons (Fsp3) is 0.353. The minimum absolute atomic E-state index is 0.00509. The largest absolute Gasteiger partial charge is 0.365 e. The lowest BCUT2D eigenvalue weighted by Crippen LogP contribution is -2.27. The van der Waals surface area contributed by atoms with Gasteiger partial charge in [-0.05, 0) is 37.1 Å². The SMILES string of the molecule is O=C1CC(Nc2cc(C3CC3)ncn2)CN1c1ccc(F)cc1. The zero-order valence-corrected chi connectivity index (χ0v) is 12.6. The Labute approximate surface area is 133 Å². The predicted octanol–water partition coefficient (Wildman–Crippen LogP) is 2.71. The molecule has 1 saturated heterocycles. The maximum atomic E-state index is 13.0. The van der Waals surface area contributed by atoms with Crippen LogP contribution >= 0.6 is 0 Å². The van der Waals surface area contributed by atoms with Crippen molar-refractivity contribution in [2.75, 3.05) is 16.8 Å². The Hall–Kier alpha value is -2.50. The number of rotatable bonds is 4. The Kier molecular flexibility index (Phi) is 3.44. The molecule has 2 heterocycles. The van der Waals surface area contributed by atoms with Crippen LogP contribution in [0.1, 0.15) is 30.9 Å². The van der Waals surface area contributed by atoms with E-state index in [1.54, 1.807) is 23.4 Å². The van der Waals surface area contributed by atoms with Gasteiger partial charge in [0, 0.05) is 36.3 Å². The molecule has 1 amide bonds. The number of hydrogen-bond acceptors (Lipinski definition) is 4. The number of hydrogen-bond donors (Lipinski definition) is 1. The van der Waals surface area contributed by atoms with Crippen LogP contribution in [0.5, 0.6) is 0 Å². The highest BCUT2D eigenvalue weighted by atomic mass is 19.1. The van der Waals surface area contributed by atoms with E-state index in [9.17, 15) is 9.18 Å². The number of halogens is 1. The Bertz CT molecular complexity index is 730. The van der Waals surface area contributed by atoms with Gasteiger partial charge in [-0.25, -0.2) is 14.4 Å². The van der Waals surface area contributed by atoms with Crippen LogP contribution in [-0.2, 0) is 4.79 Å². The van der Waals surface area contributed by atoms with Gasteiger partial charge in [0.2, 0.25) is 5.91 Å². The van der Waals surface area contributed by atoms with E-state index in [1.165, 1.54) is 25.0 Å². The number of anilines is 2. The molecule has 1 N–H and O–H groups in total. The fourth-order valence-corrected chi connectivity index (χ4v) is 2.94. The first-order valence-corrected chi connectivity index (χ1v) is 7.83. The van der Waals surface area contributed by atoms with E-state index in [2.05, 4.69) is 15.3 Å². The Morgan fingerprint density at radius 2 is 1.96 bits per heavy atom. The fourth-order valence-electron chi connectivity index (χ4n) is 2.94. The molecule has 23 heavy (non-hydrogen) atoms. The minimum atomic E-state index is -0.302. The van der Waals surface area contributed by atoms with Gasteiger partial charge >= 0.3 is 0 Å². The number of aromatic nitrogens is 2. The lowest BCUT2D eigenvalue weighted by atomic mass is 10.2. The van der Waals surface area contributed by atoms with Gasteiger partial charge in [0.05, 0.1) is 6.04 Å². The van der Waals surface area contributed by atoms with Gasteiger partial charge in [0.15, 0.2) is 0 Å². The van der Waals surface area contributed by atoms with Crippen molar-refractivity contribution in [2.45, 2.75) is 31.2 Å². The molecule has 1 aromatic carbocycles. The second-order valence-corrected chi connectivity index (χ2v) is 6.13. The Balaban J connectivity index is 1.45. The summed E-state index contributed by atoms with van der Waals surface area (Å²) in [5.74, 6) is 1.06. The maximum Gasteiger partial charge on any atom is 0.229 e. The Morgan fingerprint density at radius 1 is 1.17 bits per heavy atom. The monoisotopic (exact) mass is 312 g/mol. The average Bonchev–Trinajstić information content (AvgIpc) is 3.33. The molecule has 1 aliphatic heterocycles. The zero-order valence-electron chi connectivity index (χ0n) is 12.6. The van der Waals surface area contributed by atoms with Gasteiger partial charge in [-0.3, -0.25) is 4.79 Å². The highest BCUT2D eigenvalue weighted by Gasteiger charge is 2.31. The standard InChI is InChI=1S/C17H17FN4O/c18-12-3-5-14(6-4-12)22-9-13(7-17(22)23)21-16-8-15(11-1-2-11)19-10-20-16/h3-6,8,10-11,13H,1-2,7,9H2,(H,19,20,21). The van der Waals surface area contributed by atoms with Gasteiger partial charge in [-0.1, -0.05) is 0 Å². The van der Waals surface area contributed by atoms with E-state index in [4.69, 9.17) is 0 Å². The summed E-state index contributed by atoms with van der Waals surface area (Å²) in [6, 6.07) is 7.97. The maximum absolute atomic E-state index is 13.0. The number of nitrogens with zero attached hydrogens (tertiary/aromatic N) is 3. The van der Waals surface area contributed by atoms with Gasteiger partial charge in [0.1, 0.15) is 18.0 Å². The molecular formula is C17H17FN4O. The summed E-state index contributed by atoms with van der Waals surface area (Å²) in [6.45, 7) is 0.549. The van der Waals surface area contributed by atoms with Gasteiger partial charge in [-0.2, -0.15) is 0 Å². The highest BCUT2D eigenvalue weighted by Crippen LogP contribution is 2.39. The van der Waals surface area contributed by atoms with E-state index < -0.39 is 0 Å². The molecule has 1 aliphatic carbocycles. The minimum Gasteiger partial charge on any atom is -0.365 e. The first-order chi connectivity index (χ1) is 11.2. The summed E-state index contributed by atoms with van der Waals surface area (Å²) in [4.78, 5) is 22.4. The van der Waals surface area contributed by atoms with Crippen molar-refractivity contribution >= 4 is 17.4 Å². The molecule has 0 radical (unpaired) electrons. The van der Waals surface area contributed by atoms with Crippen LogP contribution in [0.4, 0.5) is 15.9 Å². The molecule has 1 atom stereocenters. The molecule has 2 aromatic rings. The van der Waals surface area contributed by atoms with Crippen molar-refractivity contribution < 1.29 is 9.18 Å². The van der Waals surface area contributed by atoms with Crippen molar-refractivity contribution in [3.05, 3.63) is 48.2 Å². The molecule has 5 nitrogen and oxygen atoms in total. The number of amides is 1. The van der Waals surface area contributed by atoms with Crippen LogP contribution in [0.2, 0.25) is 0 Å². The molecule has 1 aromatic heterocycles. The third-order valence-corrected chi connectivity index (χ3v) is 4.30. The molecule has 2 aliphatic rings. The number of benzene rings is 1. The van der Waals surface area contributed by atoms with E-state index in [0.29, 0.717) is 18.9 Å². The summed E-state index contributed by atoms with van der Waals surface area (Å²) in [7, 11) is 0. The first-order valence-electron chi connectivity index (χ1n) is 7.83. The topological polar surface area (TPSA) is 58.1 Å². The average molecular weight is 312 g/mol. The lowest BCUT2D eigenvalue weighted by Gasteiger charge is -2.17. The quantitative estimate of drug-likeness (QED) is 0.943. The van der Waals surface area contributed by atoms with E-state index >= 15 is 0 Å². The predicted molar refractivity (Wildman–Crippen MR) is 84.8 cm³/mol. The summed E-state index contributed by atoms with van der Waals surface area (Å²) < 4.78 is 13.0. The van der Waals surface area contributed by atoms with Gasteiger partial charge < -0.3 is 10.2 Å². The highest BCUT2D eigenvalue weighted by molar-refractivity contribution is 5.96. The van der Waals surface area contributed by atoms with Crippen molar-refractivity contribution in [3.63, 3.8) is 0 Å². The summed E-state index contributed by atoms with van der Waals surface area (Å²) in [5, 5.41) is 3.32. The summed E-state index contributed by atoms with van der Waals surface area (Å²) >= 11 is 0. The second kappa shape index (κ2) is 5.61. The van der Waals surface area contributed by atoms with Crippen LogP contribution in [0, 0.1) is 5.82 Å². The number of nitrogens with one attached hydrogen (secondary N) is 1. The van der Waals surface area contributed by atoms with Crippen molar-refractivity contribution in [2.24, 2.45) is 0 Å². The molecule has 118 valence electrons. The van der Waals surface area contributed by atoms with Crippen LogP contribution in [0.15, 0.2) is 36.7 Å². The molecule has 0 bridgehead atoms. The van der Waals surface area contributed by atoms with Crippen molar-refractivity contribution in [3.8, 4) is 0 Å². The van der Waals surface area contributed by atoms with Gasteiger partial charge in [-0.15, -0.1) is 0 Å². The molecule has 4 rings (SSSR count). The molecule has 0 spiro atoms. The third kappa shape index (κ3) is 3.02.